The lowest BCUT2D eigenvalue weighted by molar-refractivity contribution is 0.0333. The molecule has 0 radical (unpaired) electrons. The third-order valence-corrected chi connectivity index (χ3v) is 5.89. The predicted octanol–water partition coefficient (Wildman–Crippen LogP) is 3.58. The molecule has 2 bridgehead atoms. The van der Waals surface area contributed by atoms with Crippen molar-refractivity contribution in [1.29, 1.82) is 0 Å². The summed E-state index contributed by atoms with van der Waals surface area (Å²) in [6.07, 6.45) is 9.77. The molecule has 3 nitrogen and oxygen atoms in total. The van der Waals surface area contributed by atoms with Gasteiger partial charge in [-0.25, -0.2) is 4.98 Å². The van der Waals surface area contributed by atoms with Crippen molar-refractivity contribution in [2.24, 2.45) is 5.92 Å². The highest BCUT2D eigenvalue weighted by Crippen LogP contribution is 2.48. The number of nitrogens with zero attached hydrogens (tertiary/aromatic N) is 3. The smallest absolute Gasteiger partial charge is 0.153 e. The van der Waals surface area contributed by atoms with E-state index in [1.165, 1.54) is 25.9 Å². The Morgan fingerprint density at radius 1 is 1.25 bits per heavy atom. The van der Waals surface area contributed by atoms with Crippen LogP contribution in [0.5, 0.6) is 0 Å². The molecule has 4 aliphatic rings. The maximum atomic E-state index is 6.39. The van der Waals surface area contributed by atoms with Crippen molar-refractivity contribution < 1.29 is 0 Å². The maximum Gasteiger partial charge on any atom is 0.153 e. The van der Waals surface area contributed by atoms with Gasteiger partial charge in [0.15, 0.2) is 5.82 Å². The van der Waals surface area contributed by atoms with Crippen LogP contribution >= 0.6 is 23.2 Å². The second-order valence-corrected chi connectivity index (χ2v) is 6.83. The molecule has 20 heavy (non-hydrogen) atoms. The minimum Gasteiger partial charge on any atom is -0.324 e. The fraction of sp³-hybridized carbons (Fsp3) is 0.533. The number of anilines is 1. The monoisotopic (exact) mass is 309 g/mol. The zero-order valence-corrected chi connectivity index (χ0v) is 12.7. The van der Waals surface area contributed by atoms with Gasteiger partial charge in [-0.15, -0.1) is 0 Å². The molecule has 5 heterocycles. The van der Waals surface area contributed by atoms with Gasteiger partial charge in [-0.05, 0) is 44.3 Å². The quantitative estimate of drug-likeness (QED) is 0.790. The molecular formula is C15H17Cl2N3. The summed E-state index contributed by atoms with van der Waals surface area (Å²) >= 11 is 12.6. The molecule has 1 spiro atoms. The van der Waals surface area contributed by atoms with Gasteiger partial charge in [-0.2, -0.15) is 0 Å². The van der Waals surface area contributed by atoms with Gasteiger partial charge in [0, 0.05) is 18.9 Å². The Morgan fingerprint density at radius 3 is 2.75 bits per heavy atom. The number of halogens is 2. The molecule has 0 aromatic carbocycles. The Labute approximate surface area is 129 Å². The minimum absolute atomic E-state index is 0.137. The lowest BCUT2D eigenvalue weighted by Gasteiger charge is -2.55. The average Bonchev–Trinajstić information content (AvgIpc) is 2.86. The normalized spacial score (nSPS) is 35.2. The molecule has 5 heteroatoms. The molecule has 4 aliphatic heterocycles. The molecule has 1 aromatic heterocycles. The van der Waals surface area contributed by atoms with Gasteiger partial charge < -0.3 is 9.80 Å². The first-order valence-corrected chi connectivity index (χ1v) is 7.95. The second kappa shape index (κ2) is 4.62. The van der Waals surface area contributed by atoms with E-state index in [-0.39, 0.29) is 5.54 Å². The van der Waals surface area contributed by atoms with Crippen LogP contribution in [-0.4, -0.2) is 35.1 Å². The third kappa shape index (κ3) is 1.73. The Balaban J connectivity index is 1.77. The Kier molecular flexibility index (Phi) is 2.99. The molecule has 0 N–H and O–H groups in total. The lowest BCUT2D eigenvalue weighted by atomic mass is 9.71. The molecule has 0 amide bonds. The van der Waals surface area contributed by atoms with E-state index in [0.29, 0.717) is 10.0 Å². The Bertz CT molecular complexity index is 566. The van der Waals surface area contributed by atoms with Gasteiger partial charge in [-0.1, -0.05) is 29.3 Å². The summed E-state index contributed by atoms with van der Waals surface area (Å²) in [5.74, 6) is 1.53. The van der Waals surface area contributed by atoms with Gasteiger partial charge in [0.1, 0.15) is 5.02 Å². The van der Waals surface area contributed by atoms with Crippen molar-refractivity contribution in [3.63, 3.8) is 0 Å². The van der Waals surface area contributed by atoms with Crippen molar-refractivity contribution >= 4 is 29.0 Å². The van der Waals surface area contributed by atoms with Crippen LogP contribution in [0.3, 0.4) is 0 Å². The van der Waals surface area contributed by atoms with E-state index in [1.807, 2.05) is 0 Å². The van der Waals surface area contributed by atoms with E-state index in [0.717, 1.165) is 24.7 Å². The summed E-state index contributed by atoms with van der Waals surface area (Å²) < 4.78 is 0. The second-order valence-electron chi connectivity index (χ2n) is 6.04. The van der Waals surface area contributed by atoms with Crippen molar-refractivity contribution in [3.05, 3.63) is 34.6 Å². The molecule has 3 saturated heterocycles. The Morgan fingerprint density at radius 2 is 2.05 bits per heavy atom. The molecule has 0 unspecified atom stereocenters. The number of fused-ring (bicyclic) bond motifs is 2. The van der Waals surface area contributed by atoms with E-state index >= 15 is 0 Å². The number of pyridine rings is 1. The van der Waals surface area contributed by atoms with E-state index in [9.17, 15) is 0 Å². The first-order chi connectivity index (χ1) is 9.71. The van der Waals surface area contributed by atoms with Crippen molar-refractivity contribution in [2.45, 2.75) is 24.8 Å². The van der Waals surface area contributed by atoms with Gasteiger partial charge in [-0.3, -0.25) is 0 Å². The molecule has 1 aromatic rings. The summed E-state index contributed by atoms with van der Waals surface area (Å²) in [6, 6.07) is 1.75. The standard InChI is InChI=1S/C15H17Cl2N3/c16-12-2-6-18-14(13(12)17)20-7-1-5-15(20)10-19-8-3-11(15)4-9-19/h1-2,6-7,11H,3-5,8-10H2/t15-/m0/s1. The highest BCUT2D eigenvalue weighted by atomic mass is 35.5. The third-order valence-electron chi connectivity index (χ3n) is 5.10. The number of rotatable bonds is 1. The van der Waals surface area contributed by atoms with Crippen LogP contribution in [0.4, 0.5) is 5.82 Å². The summed E-state index contributed by atoms with van der Waals surface area (Å²) in [5, 5.41) is 1.14. The van der Waals surface area contributed by atoms with Crippen LogP contribution < -0.4 is 4.90 Å². The zero-order chi connectivity index (χ0) is 13.7. The fourth-order valence-electron chi connectivity index (χ4n) is 4.12. The molecule has 0 saturated carbocycles. The fourth-order valence-corrected chi connectivity index (χ4v) is 4.46. The van der Waals surface area contributed by atoms with Crippen molar-refractivity contribution in [2.75, 3.05) is 24.5 Å². The van der Waals surface area contributed by atoms with Crippen LogP contribution in [0, 0.1) is 5.92 Å². The van der Waals surface area contributed by atoms with Crippen LogP contribution in [0.15, 0.2) is 24.5 Å². The number of aromatic nitrogens is 1. The van der Waals surface area contributed by atoms with Gasteiger partial charge in [0.2, 0.25) is 0 Å². The minimum atomic E-state index is 0.137. The number of piperidine rings is 3. The van der Waals surface area contributed by atoms with Gasteiger partial charge >= 0.3 is 0 Å². The predicted molar refractivity (Wildman–Crippen MR) is 82.4 cm³/mol. The van der Waals surface area contributed by atoms with E-state index in [2.05, 4.69) is 27.1 Å². The Hall–Kier alpha value is -0.770. The average molecular weight is 310 g/mol. The molecular weight excluding hydrogens is 293 g/mol. The van der Waals surface area contributed by atoms with E-state index < -0.39 is 0 Å². The number of hydrogen-bond donors (Lipinski definition) is 0. The van der Waals surface area contributed by atoms with Crippen molar-refractivity contribution in [1.82, 2.24) is 9.88 Å². The molecule has 3 fully saturated rings. The van der Waals surface area contributed by atoms with Crippen LogP contribution in [0.25, 0.3) is 0 Å². The summed E-state index contributed by atoms with van der Waals surface area (Å²) in [4.78, 5) is 9.35. The highest BCUT2D eigenvalue weighted by Gasteiger charge is 2.51. The first-order valence-electron chi connectivity index (χ1n) is 7.19. The lowest BCUT2D eigenvalue weighted by Crippen LogP contribution is -2.64. The summed E-state index contributed by atoms with van der Waals surface area (Å²) in [5.41, 5.74) is 0.137. The zero-order valence-electron chi connectivity index (χ0n) is 11.2. The topological polar surface area (TPSA) is 19.4 Å². The largest absolute Gasteiger partial charge is 0.324 e. The van der Waals surface area contributed by atoms with Crippen LogP contribution in [0.2, 0.25) is 10.0 Å². The molecule has 1 atom stereocenters. The van der Waals surface area contributed by atoms with Crippen LogP contribution in [0.1, 0.15) is 19.3 Å². The van der Waals surface area contributed by atoms with Crippen molar-refractivity contribution in [3.8, 4) is 0 Å². The maximum absolute atomic E-state index is 6.39. The summed E-state index contributed by atoms with van der Waals surface area (Å²) in [7, 11) is 0. The van der Waals surface area contributed by atoms with E-state index in [4.69, 9.17) is 23.2 Å². The molecule has 106 valence electrons. The molecule has 5 rings (SSSR count). The van der Waals surface area contributed by atoms with E-state index in [1.54, 1.807) is 12.3 Å². The molecule has 0 aliphatic carbocycles. The van der Waals surface area contributed by atoms with Gasteiger partial charge in [0.05, 0.1) is 10.6 Å². The summed E-state index contributed by atoms with van der Waals surface area (Å²) in [6.45, 7) is 3.57. The first kappa shape index (κ1) is 12.9. The van der Waals surface area contributed by atoms with Gasteiger partial charge in [0.25, 0.3) is 0 Å². The number of hydrogen-bond acceptors (Lipinski definition) is 3. The SMILES string of the molecule is Clc1ccnc(N2C=CC[C@@]23CN2CCC3CC2)c1Cl. The van der Waals surface area contributed by atoms with Crippen LogP contribution in [-0.2, 0) is 0 Å². The highest BCUT2D eigenvalue weighted by molar-refractivity contribution is 6.43.